The number of nitrogens with zero attached hydrogens (tertiary/aromatic N) is 2. The second-order valence-electron chi connectivity index (χ2n) is 6.07. The van der Waals surface area contributed by atoms with Crippen LogP contribution in [0.3, 0.4) is 0 Å². The number of urea groups is 1. The number of hydrogen-bond acceptors (Lipinski definition) is 6. The summed E-state index contributed by atoms with van der Waals surface area (Å²) in [5, 5.41) is 6.47. The van der Waals surface area contributed by atoms with Gasteiger partial charge in [0.05, 0.1) is 19.9 Å². The fourth-order valence-corrected chi connectivity index (χ4v) is 3.72. The summed E-state index contributed by atoms with van der Waals surface area (Å²) >= 11 is 1.51. The molecule has 7 nitrogen and oxygen atoms in total. The van der Waals surface area contributed by atoms with Crippen LogP contribution in [-0.4, -0.2) is 30.2 Å². The number of rotatable bonds is 5. The molecular formula is C21H18N4O3S. The normalized spacial score (nSPS) is 10.6. The molecule has 0 bridgehead atoms. The first-order valence-electron chi connectivity index (χ1n) is 8.78. The van der Waals surface area contributed by atoms with E-state index in [-0.39, 0.29) is 6.03 Å². The van der Waals surface area contributed by atoms with E-state index in [0.29, 0.717) is 22.9 Å². The third-order valence-corrected chi connectivity index (χ3v) is 5.22. The van der Waals surface area contributed by atoms with Crippen LogP contribution in [0.25, 0.3) is 20.9 Å². The van der Waals surface area contributed by atoms with Crippen molar-refractivity contribution in [2.45, 2.75) is 0 Å². The van der Waals surface area contributed by atoms with Crippen LogP contribution < -0.4 is 20.1 Å². The molecule has 4 rings (SSSR count). The minimum absolute atomic E-state index is 0.389. The van der Waals surface area contributed by atoms with Crippen molar-refractivity contribution in [2.75, 3.05) is 24.9 Å². The first-order chi connectivity index (χ1) is 14.2. The highest BCUT2D eigenvalue weighted by Crippen LogP contribution is 2.31. The predicted octanol–water partition coefficient (Wildman–Crippen LogP) is 5.02. The number of amides is 2. The highest BCUT2D eigenvalue weighted by atomic mass is 32.1. The summed E-state index contributed by atoms with van der Waals surface area (Å²) in [7, 11) is 3.11. The molecule has 8 heteroatoms. The molecule has 146 valence electrons. The lowest BCUT2D eigenvalue weighted by atomic mass is 10.2. The SMILES string of the molecule is COc1ccc(OC)c(NC(=O)Nc2cccc(-c3nc4cccnc4s3)c2)c1. The van der Waals surface area contributed by atoms with Gasteiger partial charge in [-0.1, -0.05) is 23.5 Å². The Morgan fingerprint density at radius 2 is 1.90 bits per heavy atom. The van der Waals surface area contributed by atoms with E-state index in [1.807, 2.05) is 36.4 Å². The van der Waals surface area contributed by atoms with Gasteiger partial charge in [0, 0.05) is 23.5 Å². The number of anilines is 2. The molecule has 0 aliphatic heterocycles. The van der Waals surface area contributed by atoms with Crippen molar-refractivity contribution in [1.29, 1.82) is 0 Å². The average molecular weight is 406 g/mol. The van der Waals surface area contributed by atoms with Crippen molar-refractivity contribution in [3.05, 3.63) is 60.8 Å². The van der Waals surface area contributed by atoms with Gasteiger partial charge in [-0.25, -0.2) is 14.8 Å². The quantitative estimate of drug-likeness (QED) is 0.486. The Bertz CT molecular complexity index is 1140. The van der Waals surface area contributed by atoms with Crippen molar-refractivity contribution in [3.8, 4) is 22.1 Å². The van der Waals surface area contributed by atoms with Crippen LogP contribution in [0, 0.1) is 0 Å². The van der Waals surface area contributed by atoms with E-state index in [4.69, 9.17) is 9.47 Å². The van der Waals surface area contributed by atoms with Gasteiger partial charge in [-0.05, 0) is 36.4 Å². The summed E-state index contributed by atoms with van der Waals surface area (Å²) in [6, 6.07) is 16.1. The van der Waals surface area contributed by atoms with Crippen LogP contribution in [0.5, 0.6) is 11.5 Å². The molecule has 0 atom stereocenters. The van der Waals surface area contributed by atoms with Crippen LogP contribution in [-0.2, 0) is 0 Å². The van der Waals surface area contributed by atoms with Crippen molar-refractivity contribution < 1.29 is 14.3 Å². The maximum Gasteiger partial charge on any atom is 0.323 e. The molecule has 0 unspecified atom stereocenters. The van der Waals surface area contributed by atoms with Crippen LogP contribution in [0.15, 0.2) is 60.8 Å². The summed E-state index contributed by atoms with van der Waals surface area (Å²) in [6.07, 6.45) is 1.75. The molecule has 29 heavy (non-hydrogen) atoms. The smallest absolute Gasteiger partial charge is 0.323 e. The largest absolute Gasteiger partial charge is 0.497 e. The molecule has 2 aromatic heterocycles. The standard InChI is InChI=1S/C21H18N4O3S/c1-27-15-8-9-18(28-2)17(12-15)25-21(26)23-14-6-3-5-13(11-14)19-24-16-7-4-10-22-20(16)29-19/h3-12H,1-2H3,(H2,23,25,26). The zero-order valence-corrected chi connectivity index (χ0v) is 16.6. The monoisotopic (exact) mass is 406 g/mol. The average Bonchev–Trinajstić information content (AvgIpc) is 3.18. The van der Waals surface area contributed by atoms with Gasteiger partial charge < -0.3 is 20.1 Å². The molecule has 2 amide bonds. The Kier molecular flexibility index (Phi) is 5.26. The van der Waals surface area contributed by atoms with Gasteiger partial charge in [0.1, 0.15) is 26.9 Å². The molecular weight excluding hydrogens is 388 g/mol. The Labute approximate surface area is 171 Å². The van der Waals surface area contributed by atoms with Crippen LogP contribution in [0.1, 0.15) is 0 Å². The number of benzene rings is 2. The minimum atomic E-state index is -0.389. The maximum absolute atomic E-state index is 12.5. The second-order valence-corrected chi connectivity index (χ2v) is 7.05. The van der Waals surface area contributed by atoms with Gasteiger partial charge in [0.15, 0.2) is 0 Å². The van der Waals surface area contributed by atoms with Gasteiger partial charge >= 0.3 is 6.03 Å². The number of hydrogen-bond donors (Lipinski definition) is 2. The summed E-state index contributed by atoms with van der Waals surface area (Å²) in [5.74, 6) is 1.16. The first kappa shape index (κ1) is 18.7. The molecule has 2 N–H and O–H groups in total. The second kappa shape index (κ2) is 8.15. The molecule has 2 heterocycles. The van der Waals surface area contributed by atoms with E-state index >= 15 is 0 Å². The number of nitrogens with one attached hydrogen (secondary N) is 2. The van der Waals surface area contributed by atoms with Crippen molar-refractivity contribution >= 4 is 39.1 Å². The van der Waals surface area contributed by atoms with E-state index in [2.05, 4.69) is 20.6 Å². The lowest BCUT2D eigenvalue weighted by molar-refractivity contribution is 0.262. The minimum Gasteiger partial charge on any atom is -0.497 e. The van der Waals surface area contributed by atoms with Gasteiger partial charge in [-0.3, -0.25) is 0 Å². The molecule has 0 spiro atoms. The summed E-state index contributed by atoms with van der Waals surface area (Å²) in [6.45, 7) is 0. The maximum atomic E-state index is 12.5. The number of ether oxygens (including phenoxy) is 2. The van der Waals surface area contributed by atoms with E-state index in [1.165, 1.54) is 11.3 Å². The topological polar surface area (TPSA) is 85.4 Å². The summed E-state index contributed by atoms with van der Waals surface area (Å²) in [5.41, 5.74) is 2.92. The molecule has 4 aromatic rings. The Hall–Kier alpha value is -3.65. The van der Waals surface area contributed by atoms with Gasteiger partial charge in [-0.2, -0.15) is 0 Å². The van der Waals surface area contributed by atoms with Crippen LogP contribution in [0.2, 0.25) is 0 Å². The molecule has 0 aliphatic rings. The number of carbonyl (C=O) groups excluding carboxylic acids is 1. The lowest BCUT2D eigenvalue weighted by Crippen LogP contribution is -2.19. The third kappa shape index (κ3) is 4.12. The van der Waals surface area contributed by atoms with Gasteiger partial charge in [-0.15, -0.1) is 0 Å². The molecule has 0 radical (unpaired) electrons. The molecule has 0 fully saturated rings. The van der Waals surface area contributed by atoms with E-state index < -0.39 is 0 Å². The van der Waals surface area contributed by atoms with E-state index in [1.54, 1.807) is 38.6 Å². The Balaban J connectivity index is 1.53. The zero-order valence-electron chi connectivity index (χ0n) is 15.8. The van der Waals surface area contributed by atoms with Crippen molar-refractivity contribution in [3.63, 3.8) is 0 Å². The van der Waals surface area contributed by atoms with Gasteiger partial charge in [0.2, 0.25) is 0 Å². The zero-order chi connectivity index (χ0) is 20.2. The fourth-order valence-electron chi connectivity index (χ4n) is 2.82. The Morgan fingerprint density at radius 3 is 2.69 bits per heavy atom. The molecule has 0 saturated heterocycles. The highest BCUT2D eigenvalue weighted by Gasteiger charge is 2.11. The highest BCUT2D eigenvalue weighted by molar-refractivity contribution is 7.21. The van der Waals surface area contributed by atoms with Crippen molar-refractivity contribution in [2.24, 2.45) is 0 Å². The summed E-state index contributed by atoms with van der Waals surface area (Å²) < 4.78 is 10.5. The van der Waals surface area contributed by atoms with Crippen LogP contribution >= 0.6 is 11.3 Å². The van der Waals surface area contributed by atoms with Gasteiger partial charge in [0.25, 0.3) is 0 Å². The first-order valence-corrected chi connectivity index (χ1v) is 9.60. The van der Waals surface area contributed by atoms with E-state index in [9.17, 15) is 4.79 Å². The molecule has 0 aliphatic carbocycles. The number of methoxy groups -OCH3 is 2. The van der Waals surface area contributed by atoms with Crippen LogP contribution in [0.4, 0.5) is 16.2 Å². The third-order valence-electron chi connectivity index (χ3n) is 4.19. The molecule has 0 saturated carbocycles. The number of pyridine rings is 1. The fraction of sp³-hybridized carbons (Fsp3) is 0.0952. The molecule has 2 aromatic carbocycles. The number of aromatic nitrogens is 2. The predicted molar refractivity (Wildman–Crippen MR) is 115 cm³/mol. The Morgan fingerprint density at radius 1 is 1.00 bits per heavy atom. The summed E-state index contributed by atoms with van der Waals surface area (Å²) in [4.78, 5) is 22.3. The number of fused-ring (bicyclic) bond motifs is 1. The number of carbonyl (C=O) groups is 1. The van der Waals surface area contributed by atoms with E-state index in [0.717, 1.165) is 20.9 Å². The lowest BCUT2D eigenvalue weighted by Gasteiger charge is -2.12. The number of thiazole rings is 1. The van der Waals surface area contributed by atoms with Crippen molar-refractivity contribution in [1.82, 2.24) is 9.97 Å².